The van der Waals surface area contributed by atoms with Gasteiger partial charge in [0, 0.05) is 31.9 Å². The minimum Gasteiger partial charge on any atom is -0.369 e. The molecule has 1 heterocycles. The fourth-order valence-corrected chi connectivity index (χ4v) is 4.66. The third kappa shape index (κ3) is 4.15. The summed E-state index contributed by atoms with van der Waals surface area (Å²) in [5, 5.41) is 9.05. The van der Waals surface area contributed by atoms with E-state index in [9.17, 15) is 8.42 Å². The predicted molar refractivity (Wildman–Crippen MR) is 107 cm³/mol. The number of rotatable bonds is 3. The smallest absolute Gasteiger partial charge is 0.243 e. The van der Waals surface area contributed by atoms with E-state index in [1.807, 2.05) is 30.3 Å². The van der Waals surface area contributed by atoms with Gasteiger partial charge in [0.15, 0.2) is 0 Å². The maximum Gasteiger partial charge on any atom is 0.243 e. The predicted octanol–water partition coefficient (Wildman–Crippen LogP) is 3.37. The number of piperazine rings is 1. The van der Waals surface area contributed by atoms with Crippen LogP contribution in [0.15, 0.2) is 53.4 Å². The average molecular weight is 384 g/mol. The highest BCUT2D eigenvalue weighted by Gasteiger charge is 2.29. The van der Waals surface area contributed by atoms with Crippen molar-refractivity contribution in [3.63, 3.8) is 0 Å². The molecule has 6 heteroatoms. The van der Waals surface area contributed by atoms with Gasteiger partial charge in [-0.1, -0.05) is 39.0 Å². The zero-order valence-electron chi connectivity index (χ0n) is 16.0. The number of benzene rings is 2. The Bertz CT molecular complexity index is 946. The Kier molecular flexibility index (Phi) is 5.27. The van der Waals surface area contributed by atoms with E-state index in [0.29, 0.717) is 36.6 Å². The van der Waals surface area contributed by atoms with Gasteiger partial charge in [0.2, 0.25) is 10.0 Å². The molecule has 0 atom stereocenters. The van der Waals surface area contributed by atoms with E-state index < -0.39 is 10.0 Å². The van der Waals surface area contributed by atoms with E-state index in [4.69, 9.17) is 5.26 Å². The van der Waals surface area contributed by atoms with Crippen LogP contribution in [0.25, 0.3) is 0 Å². The molecule has 1 aliphatic rings. The van der Waals surface area contributed by atoms with Gasteiger partial charge in [0.05, 0.1) is 16.5 Å². The van der Waals surface area contributed by atoms with Gasteiger partial charge in [-0.3, -0.25) is 0 Å². The van der Waals surface area contributed by atoms with Gasteiger partial charge in [-0.05, 0) is 41.3 Å². The molecule has 0 N–H and O–H groups in total. The lowest BCUT2D eigenvalue weighted by molar-refractivity contribution is 0.385. The molecule has 0 bridgehead atoms. The van der Waals surface area contributed by atoms with Crippen LogP contribution in [0.5, 0.6) is 0 Å². The van der Waals surface area contributed by atoms with Gasteiger partial charge in [-0.25, -0.2) is 8.42 Å². The largest absolute Gasteiger partial charge is 0.369 e. The SMILES string of the molecule is CC(C)(C)c1ccc(S(=O)(=O)N2CCN(c3cccc(C#N)c3)CC2)cc1. The van der Waals surface area contributed by atoms with Crippen LogP contribution < -0.4 is 4.90 Å². The molecule has 3 rings (SSSR count). The van der Waals surface area contributed by atoms with Crippen molar-refractivity contribution >= 4 is 15.7 Å². The molecule has 5 nitrogen and oxygen atoms in total. The molecule has 2 aromatic carbocycles. The first-order chi connectivity index (χ1) is 12.7. The van der Waals surface area contributed by atoms with Crippen molar-refractivity contribution in [1.82, 2.24) is 4.31 Å². The molecule has 0 amide bonds. The summed E-state index contributed by atoms with van der Waals surface area (Å²) in [6.07, 6.45) is 0. The van der Waals surface area contributed by atoms with Gasteiger partial charge in [-0.2, -0.15) is 9.57 Å². The van der Waals surface area contributed by atoms with Gasteiger partial charge in [0.25, 0.3) is 0 Å². The van der Waals surface area contributed by atoms with Crippen molar-refractivity contribution in [3.05, 3.63) is 59.7 Å². The topological polar surface area (TPSA) is 64.4 Å². The summed E-state index contributed by atoms with van der Waals surface area (Å²) < 4.78 is 27.5. The van der Waals surface area contributed by atoms with Crippen molar-refractivity contribution in [3.8, 4) is 6.07 Å². The fraction of sp³-hybridized carbons (Fsp3) is 0.381. The number of nitriles is 1. The van der Waals surface area contributed by atoms with Crippen molar-refractivity contribution < 1.29 is 8.42 Å². The van der Waals surface area contributed by atoms with Crippen molar-refractivity contribution in [1.29, 1.82) is 5.26 Å². The van der Waals surface area contributed by atoms with Gasteiger partial charge in [0.1, 0.15) is 0 Å². The fourth-order valence-electron chi connectivity index (χ4n) is 3.23. The Morgan fingerprint density at radius 3 is 2.15 bits per heavy atom. The molecule has 1 fully saturated rings. The molecule has 0 aliphatic carbocycles. The lowest BCUT2D eigenvalue weighted by Gasteiger charge is -2.35. The summed E-state index contributed by atoms with van der Waals surface area (Å²) in [6, 6.07) is 16.8. The van der Waals surface area contributed by atoms with Crippen LogP contribution in [0, 0.1) is 11.3 Å². The highest BCUT2D eigenvalue weighted by Crippen LogP contribution is 2.26. The second-order valence-corrected chi connectivity index (χ2v) is 9.77. The third-order valence-electron chi connectivity index (χ3n) is 4.94. The van der Waals surface area contributed by atoms with Gasteiger partial charge >= 0.3 is 0 Å². The quantitative estimate of drug-likeness (QED) is 0.815. The van der Waals surface area contributed by atoms with Crippen molar-refractivity contribution in [2.45, 2.75) is 31.1 Å². The number of sulfonamides is 1. The normalized spacial score (nSPS) is 16.1. The van der Waals surface area contributed by atoms with Crippen LogP contribution in [-0.2, 0) is 15.4 Å². The summed E-state index contributed by atoms with van der Waals surface area (Å²) in [7, 11) is -3.49. The summed E-state index contributed by atoms with van der Waals surface area (Å²) in [5.74, 6) is 0. The maximum atomic E-state index is 13.0. The van der Waals surface area contributed by atoms with E-state index in [1.165, 1.54) is 0 Å². The van der Waals surface area contributed by atoms with Crippen molar-refractivity contribution in [2.75, 3.05) is 31.1 Å². The molecule has 1 saturated heterocycles. The number of hydrogen-bond donors (Lipinski definition) is 0. The van der Waals surface area contributed by atoms with Gasteiger partial charge < -0.3 is 4.90 Å². The lowest BCUT2D eigenvalue weighted by Crippen LogP contribution is -2.48. The Balaban J connectivity index is 1.72. The standard InChI is InChI=1S/C21H25N3O2S/c1-21(2,3)18-7-9-20(10-8-18)27(25,26)24-13-11-23(12-14-24)19-6-4-5-17(15-19)16-22/h4-10,15H,11-14H2,1-3H3. The molecule has 0 spiro atoms. The summed E-state index contributed by atoms with van der Waals surface area (Å²) in [5.41, 5.74) is 2.68. The van der Waals surface area contributed by atoms with E-state index >= 15 is 0 Å². The minimum atomic E-state index is -3.49. The summed E-state index contributed by atoms with van der Waals surface area (Å²) >= 11 is 0. The Morgan fingerprint density at radius 2 is 1.59 bits per heavy atom. The second kappa shape index (κ2) is 7.34. The van der Waals surface area contributed by atoms with Crippen LogP contribution in [0.1, 0.15) is 31.9 Å². The van der Waals surface area contributed by atoms with Crippen LogP contribution >= 0.6 is 0 Å². The van der Waals surface area contributed by atoms with E-state index in [0.717, 1.165) is 11.3 Å². The molecule has 1 aliphatic heterocycles. The first-order valence-corrected chi connectivity index (χ1v) is 10.5. The van der Waals surface area contributed by atoms with Crippen LogP contribution in [0.4, 0.5) is 5.69 Å². The molecule has 0 saturated carbocycles. The van der Waals surface area contributed by atoms with E-state index in [-0.39, 0.29) is 5.41 Å². The molecule has 0 radical (unpaired) electrons. The Hall–Kier alpha value is -2.36. The van der Waals surface area contributed by atoms with Crippen LogP contribution in [-0.4, -0.2) is 38.9 Å². The maximum absolute atomic E-state index is 13.0. The molecular weight excluding hydrogens is 358 g/mol. The van der Waals surface area contributed by atoms with E-state index in [1.54, 1.807) is 22.5 Å². The molecule has 2 aromatic rings. The highest BCUT2D eigenvalue weighted by atomic mass is 32.2. The molecule has 0 aromatic heterocycles. The van der Waals surface area contributed by atoms with Crippen LogP contribution in [0.3, 0.4) is 0 Å². The zero-order chi connectivity index (χ0) is 19.7. The molecule has 142 valence electrons. The second-order valence-electron chi connectivity index (χ2n) is 7.83. The lowest BCUT2D eigenvalue weighted by atomic mass is 9.87. The Labute approximate surface area is 161 Å². The molecule has 0 unspecified atom stereocenters. The summed E-state index contributed by atoms with van der Waals surface area (Å²) in [6.45, 7) is 8.40. The minimum absolute atomic E-state index is 0.00805. The summed E-state index contributed by atoms with van der Waals surface area (Å²) in [4.78, 5) is 2.46. The van der Waals surface area contributed by atoms with Crippen LogP contribution in [0.2, 0.25) is 0 Å². The average Bonchev–Trinajstić information content (AvgIpc) is 2.67. The molecular formula is C21H25N3O2S. The first kappa shape index (κ1) is 19.4. The zero-order valence-corrected chi connectivity index (χ0v) is 16.8. The van der Waals surface area contributed by atoms with Crippen molar-refractivity contribution in [2.24, 2.45) is 0 Å². The van der Waals surface area contributed by atoms with E-state index in [2.05, 4.69) is 31.7 Å². The monoisotopic (exact) mass is 383 g/mol. The number of nitrogens with zero attached hydrogens (tertiary/aromatic N) is 3. The van der Waals surface area contributed by atoms with Gasteiger partial charge in [-0.15, -0.1) is 0 Å². The molecule has 27 heavy (non-hydrogen) atoms. The number of hydrogen-bond acceptors (Lipinski definition) is 4. The highest BCUT2D eigenvalue weighted by molar-refractivity contribution is 7.89. The first-order valence-electron chi connectivity index (χ1n) is 9.07. The Morgan fingerprint density at radius 1 is 0.963 bits per heavy atom. The third-order valence-corrected chi connectivity index (χ3v) is 6.85. The number of anilines is 1.